The third kappa shape index (κ3) is 4.60. The minimum absolute atomic E-state index is 0.323. The molecule has 0 bridgehead atoms. The molecule has 0 saturated carbocycles. The predicted molar refractivity (Wildman–Crippen MR) is 27.6 cm³/mol. The molecule has 0 aliphatic carbocycles. The van der Waals surface area contributed by atoms with Crippen molar-refractivity contribution in [1.29, 1.82) is 5.26 Å². The fourth-order valence-electron chi connectivity index (χ4n) is 0.207. The van der Waals surface area contributed by atoms with Crippen LogP contribution in [0, 0.1) is 11.5 Å². The molecule has 1 N–H and O–H groups in total. The Hall–Kier alpha value is -1.40. The second-order valence-electron chi connectivity index (χ2n) is 0.993. The quantitative estimate of drug-likeness (QED) is 0.142. The van der Waals surface area contributed by atoms with Gasteiger partial charge in [0.05, 0.1) is 0 Å². The number of rotatable bonds is 3. The van der Waals surface area contributed by atoms with Crippen LogP contribution in [-0.2, 0) is 0 Å². The summed E-state index contributed by atoms with van der Waals surface area (Å²) in [6.07, 6.45) is 1.69. The summed E-state index contributed by atoms with van der Waals surface area (Å²) in [5.41, 5.74) is 7.71. The topological polar surface area (TPSA) is 84.6 Å². The van der Waals surface area contributed by atoms with E-state index in [4.69, 9.17) is 10.8 Å². The van der Waals surface area contributed by atoms with Gasteiger partial charge in [-0.15, -0.1) is 0 Å². The van der Waals surface area contributed by atoms with Crippen LogP contribution in [0.25, 0.3) is 10.4 Å². The lowest BCUT2D eigenvalue weighted by molar-refractivity contribution is 0.848. The molecule has 42 valence electrons. The number of hydrogen-bond acceptors (Lipinski definition) is 3. The van der Waals surface area contributed by atoms with Crippen molar-refractivity contribution in [2.45, 2.75) is 0 Å². The molecule has 0 aromatic heterocycles. The van der Waals surface area contributed by atoms with Crippen molar-refractivity contribution in [3.05, 3.63) is 10.4 Å². The Labute approximate surface area is 46.5 Å². The van der Waals surface area contributed by atoms with E-state index >= 15 is 0 Å². The van der Waals surface area contributed by atoms with Crippen LogP contribution in [0.3, 0.4) is 0 Å². The summed E-state index contributed by atoms with van der Waals surface area (Å²) >= 11 is 0. The molecule has 0 heterocycles. The van der Waals surface area contributed by atoms with Gasteiger partial charge in [-0.2, -0.15) is 5.26 Å². The Bertz CT molecular complexity index is 127. The molecule has 0 radical (unpaired) electrons. The Balaban J connectivity index is 2.96. The van der Waals surface area contributed by atoms with Gasteiger partial charge in [0.15, 0.2) is 6.19 Å². The molecule has 0 aliphatic rings. The zero-order valence-electron chi connectivity index (χ0n) is 4.20. The van der Waals surface area contributed by atoms with Gasteiger partial charge in [0.25, 0.3) is 0 Å². The molecular weight excluding hydrogens is 106 g/mol. The van der Waals surface area contributed by atoms with E-state index in [1.807, 2.05) is 0 Å². The average Bonchev–Trinajstić information content (AvgIpc) is 1.81. The Morgan fingerprint density at radius 2 is 2.62 bits per heavy atom. The smallest absolute Gasteiger partial charge is 0.176 e. The van der Waals surface area contributed by atoms with Gasteiger partial charge in [0.2, 0.25) is 0 Å². The number of nitriles is 1. The summed E-state index contributed by atoms with van der Waals surface area (Å²) in [6, 6.07) is 0. The maximum atomic E-state index is 7.87. The number of hydrogen-bond donors (Lipinski definition) is 1. The largest absolute Gasteiger partial charge is 0.324 e. The van der Waals surface area contributed by atoms with Crippen LogP contribution in [-0.4, -0.2) is 13.1 Å². The highest BCUT2D eigenvalue weighted by atomic mass is 15.1. The third-order valence-corrected chi connectivity index (χ3v) is 0.479. The molecular formula is C3H5N5. The molecule has 0 aliphatic heterocycles. The molecule has 0 unspecified atom stereocenters. The lowest BCUT2D eigenvalue weighted by Crippen LogP contribution is -2.09. The Morgan fingerprint density at radius 3 is 3.12 bits per heavy atom. The Kier molecular flexibility index (Phi) is 4.62. The normalized spacial score (nSPS) is 6.38. The predicted octanol–water partition coefficient (Wildman–Crippen LogP) is 0.367. The summed E-state index contributed by atoms with van der Waals surface area (Å²) < 4.78 is 0. The minimum atomic E-state index is 0.323. The summed E-state index contributed by atoms with van der Waals surface area (Å²) in [5.74, 6) is 0. The summed E-state index contributed by atoms with van der Waals surface area (Å²) in [5, 5.41) is 13.4. The van der Waals surface area contributed by atoms with Crippen LogP contribution in [0.5, 0.6) is 0 Å². The minimum Gasteiger partial charge on any atom is -0.324 e. The van der Waals surface area contributed by atoms with Crippen molar-refractivity contribution in [3.8, 4) is 6.19 Å². The molecule has 8 heavy (non-hydrogen) atoms. The van der Waals surface area contributed by atoms with Crippen LogP contribution >= 0.6 is 0 Å². The van der Waals surface area contributed by atoms with Crippen LogP contribution in [0.4, 0.5) is 0 Å². The third-order valence-electron chi connectivity index (χ3n) is 0.479. The highest BCUT2D eigenvalue weighted by Gasteiger charge is 1.75. The number of nitrogens with one attached hydrogen (secondary N) is 1. The van der Waals surface area contributed by atoms with Gasteiger partial charge in [-0.1, -0.05) is 5.11 Å². The standard InChI is InChI=1S/C3H5N5/c4-3-6-1-2-7-8-5/h6H,1-2H2. The van der Waals surface area contributed by atoms with E-state index < -0.39 is 0 Å². The van der Waals surface area contributed by atoms with E-state index in [0.717, 1.165) is 0 Å². The molecule has 0 aromatic carbocycles. The van der Waals surface area contributed by atoms with Gasteiger partial charge in [-0.05, 0) is 5.53 Å². The van der Waals surface area contributed by atoms with Crippen molar-refractivity contribution in [2.75, 3.05) is 13.1 Å². The van der Waals surface area contributed by atoms with Gasteiger partial charge in [0, 0.05) is 18.0 Å². The molecule has 0 aromatic rings. The van der Waals surface area contributed by atoms with Crippen molar-refractivity contribution in [3.63, 3.8) is 0 Å². The van der Waals surface area contributed by atoms with E-state index in [1.165, 1.54) is 0 Å². The van der Waals surface area contributed by atoms with E-state index in [2.05, 4.69) is 15.3 Å². The van der Waals surface area contributed by atoms with Crippen molar-refractivity contribution in [1.82, 2.24) is 5.32 Å². The highest BCUT2D eigenvalue weighted by Crippen LogP contribution is 1.65. The van der Waals surface area contributed by atoms with Gasteiger partial charge in [0.1, 0.15) is 0 Å². The van der Waals surface area contributed by atoms with Crippen LogP contribution in [0.1, 0.15) is 0 Å². The number of nitrogens with zero attached hydrogens (tertiary/aromatic N) is 4. The first-order chi connectivity index (χ1) is 3.91. The first-order valence-corrected chi connectivity index (χ1v) is 2.04. The highest BCUT2D eigenvalue weighted by molar-refractivity contribution is 4.64. The molecule has 5 heteroatoms. The second-order valence-corrected chi connectivity index (χ2v) is 0.993. The molecule has 0 rings (SSSR count). The van der Waals surface area contributed by atoms with E-state index in [0.29, 0.717) is 13.1 Å². The van der Waals surface area contributed by atoms with Gasteiger partial charge in [-0.25, -0.2) is 0 Å². The SMILES string of the molecule is N#CNCCN=[N+]=[N-]. The van der Waals surface area contributed by atoms with Crippen LogP contribution in [0.2, 0.25) is 0 Å². The number of azide groups is 1. The fourth-order valence-corrected chi connectivity index (χ4v) is 0.207. The maximum absolute atomic E-state index is 7.87. The fraction of sp³-hybridized carbons (Fsp3) is 0.667. The maximum Gasteiger partial charge on any atom is 0.176 e. The van der Waals surface area contributed by atoms with E-state index in [1.54, 1.807) is 6.19 Å². The molecule has 0 atom stereocenters. The van der Waals surface area contributed by atoms with Crippen LogP contribution in [0.15, 0.2) is 5.11 Å². The first-order valence-electron chi connectivity index (χ1n) is 2.04. The monoisotopic (exact) mass is 111 g/mol. The molecule has 5 nitrogen and oxygen atoms in total. The van der Waals surface area contributed by atoms with Gasteiger partial charge < -0.3 is 5.32 Å². The van der Waals surface area contributed by atoms with Crippen LogP contribution < -0.4 is 5.32 Å². The lowest BCUT2D eigenvalue weighted by atomic mass is 10.7. The summed E-state index contributed by atoms with van der Waals surface area (Å²) in [4.78, 5) is 2.48. The zero-order valence-corrected chi connectivity index (χ0v) is 4.20. The van der Waals surface area contributed by atoms with Crippen molar-refractivity contribution < 1.29 is 0 Å². The van der Waals surface area contributed by atoms with Crippen molar-refractivity contribution in [2.24, 2.45) is 5.11 Å². The molecule has 0 saturated heterocycles. The van der Waals surface area contributed by atoms with Crippen molar-refractivity contribution >= 4 is 0 Å². The summed E-state index contributed by atoms with van der Waals surface area (Å²) in [7, 11) is 0. The zero-order chi connectivity index (χ0) is 6.24. The molecule has 0 fully saturated rings. The average molecular weight is 111 g/mol. The summed E-state index contributed by atoms with van der Waals surface area (Å²) in [6.45, 7) is 0.741. The van der Waals surface area contributed by atoms with Gasteiger partial charge >= 0.3 is 0 Å². The van der Waals surface area contributed by atoms with E-state index in [9.17, 15) is 0 Å². The second kappa shape index (κ2) is 5.60. The first kappa shape index (κ1) is 6.60. The molecule has 0 amide bonds. The van der Waals surface area contributed by atoms with E-state index in [-0.39, 0.29) is 0 Å². The Morgan fingerprint density at radius 1 is 1.88 bits per heavy atom. The molecule has 0 spiro atoms. The lowest BCUT2D eigenvalue weighted by Gasteiger charge is -1.84. The van der Waals surface area contributed by atoms with Gasteiger partial charge in [-0.3, -0.25) is 0 Å².